The first-order valence-corrected chi connectivity index (χ1v) is 12.3. The fourth-order valence-corrected chi connectivity index (χ4v) is 4.40. The number of alkyl carbamates (subject to hydrolysis) is 1. The third kappa shape index (κ3) is 7.22. The van der Waals surface area contributed by atoms with E-state index in [0.717, 1.165) is 24.2 Å². The molecule has 2 aromatic rings. The molecule has 0 saturated carbocycles. The lowest BCUT2D eigenvalue weighted by Crippen LogP contribution is -2.47. The first-order valence-electron chi connectivity index (χ1n) is 12.3. The number of fused-ring (bicyclic) bond motifs is 1. The number of carbonyl (C=O) groups excluding carboxylic acids is 2. The maximum atomic E-state index is 12.6. The van der Waals surface area contributed by atoms with Crippen LogP contribution in [0, 0.1) is 0 Å². The molecule has 1 saturated heterocycles. The summed E-state index contributed by atoms with van der Waals surface area (Å²) in [4.78, 5) is 26.3. The lowest BCUT2D eigenvalue weighted by molar-refractivity contribution is -0.140. The van der Waals surface area contributed by atoms with Crippen LogP contribution < -0.4 is 10.1 Å². The van der Waals surface area contributed by atoms with Crippen molar-refractivity contribution in [2.45, 2.75) is 51.2 Å². The zero-order valence-corrected chi connectivity index (χ0v) is 19.7. The Hall–Kier alpha value is -3.06. The summed E-state index contributed by atoms with van der Waals surface area (Å²) in [6.07, 6.45) is 5.11. The molecule has 1 fully saturated rings. The Kier molecular flexibility index (Phi) is 8.79. The highest BCUT2D eigenvalue weighted by Crippen LogP contribution is 2.25. The lowest BCUT2D eigenvalue weighted by Gasteiger charge is -2.33. The molecule has 1 aliphatic heterocycles. The summed E-state index contributed by atoms with van der Waals surface area (Å²) in [6.45, 7) is 2.67. The van der Waals surface area contributed by atoms with Crippen molar-refractivity contribution in [2.24, 2.45) is 0 Å². The third-order valence-corrected chi connectivity index (χ3v) is 6.30. The van der Waals surface area contributed by atoms with E-state index in [1.165, 1.54) is 24.0 Å². The summed E-state index contributed by atoms with van der Waals surface area (Å²) in [6, 6.07) is 15.9. The van der Waals surface area contributed by atoms with E-state index >= 15 is 0 Å². The monoisotopic (exact) mass is 466 g/mol. The van der Waals surface area contributed by atoms with Gasteiger partial charge in [-0.25, -0.2) is 4.79 Å². The van der Waals surface area contributed by atoms with Gasteiger partial charge < -0.3 is 24.4 Å². The topological polar surface area (TPSA) is 77.1 Å². The van der Waals surface area contributed by atoms with E-state index in [-0.39, 0.29) is 18.6 Å². The highest BCUT2D eigenvalue weighted by Gasteiger charge is 2.24. The summed E-state index contributed by atoms with van der Waals surface area (Å²) < 4.78 is 17.0. The molecular weight excluding hydrogens is 432 g/mol. The minimum Gasteiger partial charge on any atom is -0.491 e. The molecule has 2 aliphatic rings. The van der Waals surface area contributed by atoms with E-state index in [4.69, 9.17) is 14.2 Å². The van der Waals surface area contributed by atoms with Gasteiger partial charge in [-0.15, -0.1) is 0 Å². The van der Waals surface area contributed by atoms with E-state index in [1.807, 2.05) is 41.3 Å². The van der Waals surface area contributed by atoms with Gasteiger partial charge in [0.15, 0.2) is 0 Å². The van der Waals surface area contributed by atoms with Crippen LogP contribution in [0.2, 0.25) is 0 Å². The van der Waals surface area contributed by atoms with Gasteiger partial charge in [0.05, 0.1) is 13.2 Å². The molecule has 2 aromatic carbocycles. The summed E-state index contributed by atoms with van der Waals surface area (Å²) in [5, 5.41) is 2.70. The molecule has 7 nitrogen and oxygen atoms in total. The Bertz CT molecular complexity index is 949. The van der Waals surface area contributed by atoms with Gasteiger partial charge in [-0.3, -0.25) is 4.79 Å². The number of hydrogen-bond donors (Lipinski definition) is 1. The molecule has 0 radical (unpaired) electrons. The first kappa shape index (κ1) is 24.1. The normalized spacial score (nSPS) is 17.5. The van der Waals surface area contributed by atoms with E-state index in [2.05, 4.69) is 17.4 Å². The predicted octanol–water partition coefficient (Wildman–Crippen LogP) is 3.88. The smallest absolute Gasteiger partial charge is 0.407 e. The molecule has 1 atom stereocenters. The average molecular weight is 467 g/mol. The number of carbonyl (C=O) groups is 2. The highest BCUT2D eigenvalue weighted by molar-refractivity contribution is 5.76. The van der Waals surface area contributed by atoms with Crippen molar-refractivity contribution >= 4 is 12.0 Å². The number of hydrogen-bond acceptors (Lipinski definition) is 5. The van der Waals surface area contributed by atoms with Gasteiger partial charge in [-0.05, 0) is 60.9 Å². The van der Waals surface area contributed by atoms with Crippen LogP contribution in [0.3, 0.4) is 0 Å². The largest absolute Gasteiger partial charge is 0.491 e. The molecule has 34 heavy (non-hydrogen) atoms. The summed E-state index contributed by atoms with van der Waals surface area (Å²) in [5.74, 6) is 0.944. The maximum Gasteiger partial charge on any atom is 0.407 e. The molecular formula is C27H34N2O5. The van der Waals surface area contributed by atoms with Gasteiger partial charge in [0.2, 0.25) is 5.91 Å². The molecule has 1 aliphatic carbocycles. The second-order valence-electron chi connectivity index (χ2n) is 8.87. The van der Waals surface area contributed by atoms with Gasteiger partial charge in [0.25, 0.3) is 0 Å². The molecule has 2 amide bonds. The number of morpholine rings is 1. The Labute approximate surface area is 201 Å². The van der Waals surface area contributed by atoms with Crippen LogP contribution in [0.1, 0.15) is 42.4 Å². The van der Waals surface area contributed by atoms with Crippen LogP contribution >= 0.6 is 0 Å². The summed E-state index contributed by atoms with van der Waals surface area (Å²) in [7, 11) is 0. The SMILES string of the molecule is O=C(NCCCC(=O)N1CCOC(COc2ccc3c(c2)CCCC3)C1)OCc1ccccc1. The minimum absolute atomic E-state index is 0.0709. The van der Waals surface area contributed by atoms with E-state index in [1.54, 1.807) is 0 Å². The number of aryl methyl sites for hydroxylation is 2. The van der Waals surface area contributed by atoms with Crippen LogP contribution in [0.15, 0.2) is 48.5 Å². The third-order valence-electron chi connectivity index (χ3n) is 6.30. The molecule has 0 bridgehead atoms. The van der Waals surface area contributed by atoms with Crippen LogP contribution in [0.25, 0.3) is 0 Å². The fourth-order valence-electron chi connectivity index (χ4n) is 4.40. The molecule has 4 rings (SSSR count). The zero-order valence-electron chi connectivity index (χ0n) is 19.7. The molecule has 1 N–H and O–H groups in total. The molecule has 7 heteroatoms. The van der Waals surface area contributed by atoms with Crippen molar-refractivity contribution in [3.05, 3.63) is 65.2 Å². The van der Waals surface area contributed by atoms with Crippen LogP contribution in [-0.4, -0.2) is 55.9 Å². The van der Waals surface area contributed by atoms with Gasteiger partial charge in [-0.2, -0.15) is 0 Å². The van der Waals surface area contributed by atoms with Crippen LogP contribution in [0.5, 0.6) is 5.75 Å². The number of rotatable bonds is 9. The molecule has 0 spiro atoms. The maximum absolute atomic E-state index is 12.6. The Morgan fingerprint density at radius 1 is 1.06 bits per heavy atom. The Morgan fingerprint density at radius 2 is 1.88 bits per heavy atom. The second kappa shape index (κ2) is 12.4. The fraction of sp³-hybridized carbons (Fsp3) is 0.481. The van der Waals surface area contributed by atoms with Gasteiger partial charge in [0, 0.05) is 19.5 Å². The Morgan fingerprint density at radius 3 is 2.74 bits per heavy atom. The number of amides is 2. The average Bonchev–Trinajstić information content (AvgIpc) is 2.89. The molecule has 0 aromatic heterocycles. The van der Waals surface area contributed by atoms with Gasteiger partial charge in [-0.1, -0.05) is 36.4 Å². The van der Waals surface area contributed by atoms with Crippen molar-refractivity contribution in [1.29, 1.82) is 0 Å². The van der Waals surface area contributed by atoms with E-state index < -0.39 is 6.09 Å². The van der Waals surface area contributed by atoms with Crippen molar-refractivity contribution in [1.82, 2.24) is 10.2 Å². The number of benzene rings is 2. The zero-order chi connectivity index (χ0) is 23.6. The summed E-state index contributed by atoms with van der Waals surface area (Å²) >= 11 is 0. The number of nitrogens with one attached hydrogen (secondary N) is 1. The van der Waals surface area contributed by atoms with Gasteiger partial charge in [0.1, 0.15) is 25.1 Å². The molecule has 1 unspecified atom stereocenters. The minimum atomic E-state index is -0.470. The lowest BCUT2D eigenvalue weighted by atomic mass is 9.92. The van der Waals surface area contributed by atoms with Crippen molar-refractivity contribution in [2.75, 3.05) is 32.8 Å². The van der Waals surface area contributed by atoms with E-state index in [0.29, 0.717) is 45.7 Å². The second-order valence-corrected chi connectivity index (χ2v) is 8.87. The summed E-state index contributed by atoms with van der Waals surface area (Å²) in [5.41, 5.74) is 3.76. The highest BCUT2D eigenvalue weighted by atomic mass is 16.5. The molecule has 1 heterocycles. The van der Waals surface area contributed by atoms with Crippen LogP contribution in [-0.2, 0) is 33.7 Å². The van der Waals surface area contributed by atoms with Crippen molar-refractivity contribution < 1.29 is 23.8 Å². The standard InChI is InChI=1S/C27H34N2O5/c30-26(11-6-14-28-27(31)34-19-21-7-2-1-3-8-21)29-15-16-32-25(18-29)20-33-24-13-12-22-9-4-5-10-23(22)17-24/h1-3,7-8,12-13,17,25H,4-6,9-11,14-16,18-20H2,(H,28,31). The number of nitrogens with zero attached hydrogens (tertiary/aromatic N) is 1. The van der Waals surface area contributed by atoms with Crippen molar-refractivity contribution in [3.63, 3.8) is 0 Å². The van der Waals surface area contributed by atoms with E-state index in [9.17, 15) is 9.59 Å². The van der Waals surface area contributed by atoms with Gasteiger partial charge >= 0.3 is 6.09 Å². The Balaban J connectivity index is 1.12. The van der Waals surface area contributed by atoms with Crippen molar-refractivity contribution in [3.8, 4) is 5.75 Å². The number of ether oxygens (including phenoxy) is 3. The first-order chi connectivity index (χ1) is 16.7. The predicted molar refractivity (Wildman–Crippen MR) is 129 cm³/mol. The van der Waals surface area contributed by atoms with Crippen LogP contribution in [0.4, 0.5) is 4.79 Å². The quantitative estimate of drug-likeness (QED) is 0.568. The molecule has 182 valence electrons.